The lowest BCUT2D eigenvalue weighted by Gasteiger charge is -2.42. The summed E-state index contributed by atoms with van der Waals surface area (Å²) in [4.78, 5) is 39.0. The van der Waals surface area contributed by atoms with Gasteiger partial charge < -0.3 is 24.4 Å². The van der Waals surface area contributed by atoms with Crippen molar-refractivity contribution in [2.45, 2.75) is 37.5 Å². The lowest BCUT2D eigenvalue weighted by atomic mass is 9.94. The first-order valence-corrected chi connectivity index (χ1v) is 10.6. The zero-order chi connectivity index (χ0) is 22.7. The summed E-state index contributed by atoms with van der Waals surface area (Å²) >= 11 is 0. The van der Waals surface area contributed by atoms with Crippen molar-refractivity contribution in [3.05, 3.63) is 59.7 Å². The highest BCUT2D eigenvalue weighted by Crippen LogP contribution is 2.32. The number of hydrogen-bond acceptors (Lipinski definition) is 6. The minimum atomic E-state index is -0.349. The van der Waals surface area contributed by atoms with Gasteiger partial charge >= 0.3 is 5.97 Å². The lowest BCUT2D eigenvalue weighted by molar-refractivity contribution is -0.151. The average molecular weight is 438 g/mol. The van der Waals surface area contributed by atoms with Crippen LogP contribution in [0.3, 0.4) is 0 Å². The summed E-state index contributed by atoms with van der Waals surface area (Å²) < 4.78 is 16.8. The smallest absolute Gasteiger partial charge is 0.308 e. The number of ether oxygens (including phenoxy) is 3. The van der Waals surface area contributed by atoms with Gasteiger partial charge in [-0.25, -0.2) is 0 Å². The molecule has 168 valence electrons. The lowest BCUT2D eigenvalue weighted by Crippen LogP contribution is -2.53. The van der Waals surface area contributed by atoms with Crippen molar-refractivity contribution in [3.8, 4) is 5.75 Å². The van der Waals surface area contributed by atoms with Crippen molar-refractivity contribution < 1.29 is 28.6 Å². The second-order valence-electron chi connectivity index (χ2n) is 7.98. The van der Waals surface area contributed by atoms with Crippen LogP contribution in [0.2, 0.25) is 0 Å². The van der Waals surface area contributed by atoms with Crippen LogP contribution >= 0.6 is 0 Å². The SMILES string of the molecule is COC(=O)C[C@@H]1CC[C@@H]2[C@@H](COc3ccc(NC(=O)c4ccccc4)cc3C(=O)N2C)O1. The van der Waals surface area contributed by atoms with Crippen LogP contribution in [0.25, 0.3) is 0 Å². The molecule has 2 aliphatic heterocycles. The van der Waals surface area contributed by atoms with Crippen LogP contribution in [0.4, 0.5) is 5.69 Å². The van der Waals surface area contributed by atoms with Gasteiger partial charge in [0.2, 0.25) is 0 Å². The van der Waals surface area contributed by atoms with Crippen LogP contribution in [0.5, 0.6) is 5.75 Å². The quantitative estimate of drug-likeness (QED) is 0.738. The van der Waals surface area contributed by atoms with Crippen LogP contribution in [-0.4, -0.2) is 61.7 Å². The van der Waals surface area contributed by atoms with E-state index in [1.165, 1.54) is 7.11 Å². The third-order valence-corrected chi connectivity index (χ3v) is 5.93. The Bertz CT molecular complexity index is 1010. The highest BCUT2D eigenvalue weighted by molar-refractivity contribution is 6.05. The van der Waals surface area contributed by atoms with Gasteiger partial charge in [0.05, 0.1) is 31.2 Å². The van der Waals surface area contributed by atoms with Gasteiger partial charge in [-0.2, -0.15) is 0 Å². The number of carbonyl (C=O) groups excluding carboxylic acids is 3. The second kappa shape index (κ2) is 9.40. The molecule has 8 nitrogen and oxygen atoms in total. The van der Waals surface area contributed by atoms with Crippen LogP contribution in [0.15, 0.2) is 48.5 Å². The summed E-state index contributed by atoms with van der Waals surface area (Å²) in [5, 5.41) is 2.83. The Balaban J connectivity index is 1.52. The van der Waals surface area contributed by atoms with E-state index in [-0.39, 0.29) is 49.1 Å². The molecule has 2 aliphatic rings. The number of nitrogens with zero attached hydrogens (tertiary/aromatic N) is 1. The molecule has 0 radical (unpaired) electrons. The Morgan fingerprint density at radius 1 is 1.16 bits per heavy atom. The molecule has 2 aromatic carbocycles. The Labute approximate surface area is 186 Å². The summed E-state index contributed by atoms with van der Waals surface area (Å²) in [6, 6.07) is 13.7. The Kier molecular flexibility index (Phi) is 6.41. The number of benzene rings is 2. The zero-order valence-electron chi connectivity index (χ0n) is 18.1. The minimum absolute atomic E-state index is 0.174. The number of methoxy groups -OCH3 is 1. The standard InChI is InChI=1S/C24H26N2O6/c1-26-19-10-9-17(13-22(27)30-2)32-21(19)14-31-20-11-8-16(12-18(20)24(26)29)25-23(28)15-6-4-3-5-7-15/h3-8,11-12,17,19,21H,9-10,13-14H2,1-2H3,(H,25,28)/t17-,19+,21+/m0/s1. The molecule has 2 aromatic rings. The largest absolute Gasteiger partial charge is 0.490 e. The third-order valence-electron chi connectivity index (χ3n) is 5.93. The molecular formula is C24H26N2O6. The Hall–Kier alpha value is -3.39. The van der Waals surface area contributed by atoms with Gasteiger partial charge in [-0.15, -0.1) is 0 Å². The zero-order valence-corrected chi connectivity index (χ0v) is 18.1. The van der Waals surface area contributed by atoms with Gasteiger partial charge in [0.1, 0.15) is 18.5 Å². The molecule has 0 aliphatic carbocycles. The summed E-state index contributed by atoms with van der Waals surface area (Å²) in [6.45, 7) is 0.253. The van der Waals surface area contributed by atoms with Gasteiger partial charge in [-0.3, -0.25) is 14.4 Å². The van der Waals surface area contributed by atoms with E-state index in [0.29, 0.717) is 35.4 Å². The molecule has 32 heavy (non-hydrogen) atoms. The number of esters is 1. The molecule has 2 amide bonds. The molecule has 1 fully saturated rings. The topological polar surface area (TPSA) is 94.2 Å². The first-order valence-electron chi connectivity index (χ1n) is 10.6. The number of amides is 2. The second-order valence-corrected chi connectivity index (χ2v) is 7.98. The van der Waals surface area contributed by atoms with Gasteiger partial charge in [-0.05, 0) is 43.2 Å². The molecule has 0 bridgehead atoms. The fraction of sp³-hybridized carbons (Fsp3) is 0.375. The normalized spacial score (nSPS) is 22.5. The maximum Gasteiger partial charge on any atom is 0.308 e. The van der Waals surface area contributed by atoms with Crippen molar-refractivity contribution in [2.24, 2.45) is 0 Å². The summed E-state index contributed by atoms with van der Waals surface area (Å²) in [5.74, 6) is -0.354. The highest BCUT2D eigenvalue weighted by atomic mass is 16.5. The number of anilines is 1. The maximum atomic E-state index is 13.3. The van der Waals surface area contributed by atoms with Crippen molar-refractivity contribution in [2.75, 3.05) is 26.1 Å². The number of hydrogen-bond donors (Lipinski definition) is 1. The van der Waals surface area contributed by atoms with E-state index in [4.69, 9.17) is 14.2 Å². The molecule has 8 heteroatoms. The maximum absolute atomic E-state index is 13.3. The molecular weight excluding hydrogens is 412 g/mol. The van der Waals surface area contributed by atoms with E-state index in [2.05, 4.69) is 5.32 Å². The van der Waals surface area contributed by atoms with E-state index in [9.17, 15) is 14.4 Å². The van der Waals surface area contributed by atoms with Gasteiger partial charge in [0, 0.05) is 18.3 Å². The van der Waals surface area contributed by atoms with Crippen LogP contribution < -0.4 is 10.1 Å². The third kappa shape index (κ3) is 4.60. The fourth-order valence-corrected chi connectivity index (χ4v) is 4.17. The van der Waals surface area contributed by atoms with E-state index in [1.807, 2.05) is 6.07 Å². The average Bonchev–Trinajstić information content (AvgIpc) is 2.82. The minimum Gasteiger partial charge on any atom is -0.490 e. The number of fused-ring (bicyclic) bond motifs is 2. The predicted molar refractivity (Wildman–Crippen MR) is 117 cm³/mol. The van der Waals surface area contributed by atoms with Crippen LogP contribution in [-0.2, 0) is 14.3 Å². The fourth-order valence-electron chi connectivity index (χ4n) is 4.17. The van der Waals surface area contributed by atoms with E-state index >= 15 is 0 Å². The number of rotatable bonds is 4. The summed E-state index contributed by atoms with van der Waals surface area (Å²) in [7, 11) is 3.10. The highest BCUT2D eigenvalue weighted by Gasteiger charge is 2.39. The van der Waals surface area contributed by atoms with E-state index in [1.54, 1.807) is 54.4 Å². The van der Waals surface area contributed by atoms with Gasteiger partial charge in [0.25, 0.3) is 11.8 Å². The number of likely N-dealkylation sites (N-methyl/N-ethyl adjacent to an activating group) is 1. The number of nitrogens with one attached hydrogen (secondary N) is 1. The first kappa shape index (κ1) is 21.8. The van der Waals surface area contributed by atoms with Crippen molar-refractivity contribution in [1.82, 2.24) is 4.90 Å². The van der Waals surface area contributed by atoms with E-state index in [0.717, 1.165) is 0 Å². The number of carbonyl (C=O) groups is 3. The van der Waals surface area contributed by atoms with Gasteiger partial charge in [-0.1, -0.05) is 18.2 Å². The van der Waals surface area contributed by atoms with E-state index < -0.39 is 0 Å². The van der Waals surface area contributed by atoms with Crippen molar-refractivity contribution in [1.29, 1.82) is 0 Å². The van der Waals surface area contributed by atoms with Gasteiger partial charge in [0.15, 0.2) is 0 Å². The Morgan fingerprint density at radius 3 is 2.69 bits per heavy atom. The molecule has 0 saturated carbocycles. The van der Waals surface area contributed by atoms with Crippen LogP contribution in [0, 0.1) is 0 Å². The first-order chi connectivity index (χ1) is 15.5. The monoisotopic (exact) mass is 438 g/mol. The summed E-state index contributed by atoms with van der Waals surface area (Å²) in [6.07, 6.45) is 0.910. The molecule has 4 rings (SSSR count). The molecule has 0 aromatic heterocycles. The molecule has 1 saturated heterocycles. The molecule has 0 spiro atoms. The molecule has 0 unspecified atom stereocenters. The Morgan fingerprint density at radius 2 is 1.94 bits per heavy atom. The van der Waals surface area contributed by atoms with Crippen LogP contribution in [0.1, 0.15) is 40.0 Å². The molecule has 1 N–H and O–H groups in total. The molecule has 2 heterocycles. The summed E-state index contributed by atoms with van der Waals surface area (Å²) in [5.41, 5.74) is 1.43. The van der Waals surface area contributed by atoms with Crippen molar-refractivity contribution >= 4 is 23.5 Å². The van der Waals surface area contributed by atoms with Crippen molar-refractivity contribution in [3.63, 3.8) is 0 Å². The predicted octanol–water partition coefficient (Wildman–Crippen LogP) is 2.88. The molecule has 3 atom stereocenters.